The van der Waals surface area contributed by atoms with E-state index in [0.717, 1.165) is 21.2 Å². The molecule has 0 amide bonds. The second-order valence-electron chi connectivity index (χ2n) is 3.48. The smallest absolute Gasteiger partial charge is 0.0885 e. The Bertz CT molecular complexity index is 495. The summed E-state index contributed by atoms with van der Waals surface area (Å²) < 4.78 is 2.88. The number of halogens is 1. The van der Waals surface area contributed by atoms with Crippen LogP contribution in [0.25, 0.3) is 11.0 Å². The van der Waals surface area contributed by atoms with Gasteiger partial charge >= 0.3 is 0 Å². The van der Waals surface area contributed by atoms with Crippen LogP contribution < -0.4 is 5.73 Å². The van der Waals surface area contributed by atoms with Crippen molar-refractivity contribution in [1.29, 1.82) is 0 Å². The molecule has 0 bridgehead atoms. The number of aliphatic hydroxyl groups is 1. The fraction of sp³-hybridized carbons (Fsp3) is 0.300. The van der Waals surface area contributed by atoms with Crippen molar-refractivity contribution in [2.24, 2.45) is 12.8 Å². The highest BCUT2D eigenvalue weighted by Crippen LogP contribution is 2.23. The maximum Gasteiger partial charge on any atom is 0.0885 e. The number of aryl methyl sites for hydroxylation is 1. The van der Waals surface area contributed by atoms with Gasteiger partial charge in [-0.05, 0) is 28.1 Å². The highest BCUT2D eigenvalue weighted by molar-refractivity contribution is 9.10. The monoisotopic (exact) mass is 269 g/mol. The van der Waals surface area contributed by atoms with Crippen LogP contribution in [-0.2, 0) is 7.05 Å². The molecule has 2 rings (SSSR count). The first-order valence-corrected chi connectivity index (χ1v) is 5.40. The number of nitrogens with zero attached hydrogens (tertiary/aromatic N) is 2. The minimum atomic E-state index is -0.358. The number of fused-ring (bicyclic) bond motifs is 1. The summed E-state index contributed by atoms with van der Waals surface area (Å²) in [4.78, 5) is 4.27. The Balaban J connectivity index is 2.64. The standard InChI is InChI=1S/C10H12BrN3O/c1-14-9(7(12)5-15)3-8-10(14)2-6(11)4-13-8/h2-4,7,15H,5,12H2,1H3. The van der Waals surface area contributed by atoms with Crippen molar-refractivity contribution in [3.63, 3.8) is 0 Å². The Labute approximate surface area is 95.8 Å². The minimum Gasteiger partial charge on any atom is -0.394 e. The zero-order chi connectivity index (χ0) is 11.0. The average molecular weight is 270 g/mol. The van der Waals surface area contributed by atoms with Crippen LogP contribution in [-0.4, -0.2) is 21.3 Å². The molecule has 3 N–H and O–H groups in total. The van der Waals surface area contributed by atoms with E-state index in [1.54, 1.807) is 6.20 Å². The van der Waals surface area contributed by atoms with Crippen molar-refractivity contribution in [2.45, 2.75) is 6.04 Å². The molecular formula is C10H12BrN3O. The van der Waals surface area contributed by atoms with Crippen molar-refractivity contribution < 1.29 is 5.11 Å². The Morgan fingerprint density at radius 3 is 3.00 bits per heavy atom. The SMILES string of the molecule is Cn1c(C(N)CO)cc2ncc(Br)cc21. The summed E-state index contributed by atoms with van der Waals surface area (Å²) in [6, 6.07) is 3.53. The molecule has 1 atom stereocenters. The molecule has 5 heteroatoms. The maximum atomic E-state index is 9.02. The molecule has 4 nitrogen and oxygen atoms in total. The second-order valence-corrected chi connectivity index (χ2v) is 4.39. The number of nitrogens with two attached hydrogens (primary N) is 1. The van der Waals surface area contributed by atoms with Gasteiger partial charge in [-0.15, -0.1) is 0 Å². The number of pyridine rings is 1. The Hall–Kier alpha value is -0.910. The number of hydrogen-bond acceptors (Lipinski definition) is 3. The molecule has 2 heterocycles. The van der Waals surface area contributed by atoms with Gasteiger partial charge in [0.15, 0.2) is 0 Å². The first-order valence-electron chi connectivity index (χ1n) is 4.61. The van der Waals surface area contributed by atoms with Crippen LogP contribution in [0.5, 0.6) is 0 Å². The van der Waals surface area contributed by atoms with Gasteiger partial charge in [-0.2, -0.15) is 0 Å². The van der Waals surface area contributed by atoms with Crippen molar-refractivity contribution >= 4 is 27.0 Å². The predicted octanol–water partition coefficient (Wildman–Crippen LogP) is 1.33. The van der Waals surface area contributed by atoms with Gasteiger partial charge in [-0.3, -0.25) is 4.98 Å². The molecule has 1 unspecified atom stereocenters. The zero-order valence-electron chi connectivity index (χ0n) is 8.31. The van der Waals surface area contributed by atoms with Gasteiger partial charge in [-0.25, -0.2) is 0 Å². The first-order chi connectivity index (χ1) is 7.13. The fourth-order valence-corrected chi connectivity index (χ4v) is 1.96. The topological polar surface area (TPSA) is 64.1 Å². The van der Waals surface area contributed by atoms with E-state index in [1.807, 2.05) is 23.7 Å². The second kappa shape index (κ2) is 3.92. The molecule has 2 aromatic rings. The van der Waals surface area contributed by atoms with E-state index in [0.29, 0.717) is 0 Å². The lowest BCUT2D eigenvalue weighted by atomic mass is 10.2. The summed E-state index contributed by atoms with van der Waals surface area (Å²) in [5.41, 5.74) is 8.57. The molecule has 15 heavy (non-hydrogen) atoms. The van der Waals surface area contributed by atoms with Crippen LogP contribution in [0.1, 0.15) is 11.7 Å². The third-order valence-corrected chi connectivity index (χ3v) is 2.91. The quantitative estimate of drug-likeness (QED) is 0.865. The van der Waals surface area contributed by atoms with E-state index in [2.05, 4.69) is 20.9 Å². The molecule has 0 saturated carbocycles. The summed E-state index contributed by atoms with van der Waals surface area (Å²) >= 11 is 3.37. The molecule has 0 aliphatic heterocycles. The van der Waals surface area contributed by atoms with E-state index in [-0.39, 0.29) is 12.6 Å². The van der Waals surface area contributed by atoms with E-state index < -0.39 is 0 Å². The molecule has 2 aromatic heterocycles. The van der Waals surface area contributed by atoms with Crippen LogP contribution in [0.3, 0.4) is 0 Å². The van der Waals surface area contributed by atoms with E-state index in [9.17, 15) is 0 Å². The van der Waals surface area contributed by atoms with Crippen LogP contribution in [0, 0.1) is 0 Å². The third kappa shape index (κ3) is 1.78. The number of aliphatic hydroxyl groups excluding tert-OH is 1. The summed E-state index contributed by atoms with van der Waals surface area (Å²) in [5.74, 6) is 0. The molecule has 80 valence electrons. The van der Waals surface area contributed by atoms with Crippen LogP contribution >= 0.6 is 15.9 Å². The lowest BCUT2D eigenvalue weighted by Crippen LogP contribution is -2.17. The molecule has 0 radical (unpaired) electrons. The fourth-order valence-electron chi connectivity index (χ4n) is 1.64. The highest BCUT2D eigenvalue weighted by atomic mass is 79.9. The maximum absolute atomic E-state index is 9.02. The van der Waals surface area contributed by atoms with Gasteiger partial charge in [0.25, 0.3) is 0 Å². The van der Waals surface area contributed by atoms with Gasteiger partial charge in [0.05, 0.1) is 23.7 Å². The summed E-state index contributed by atoms with van der Waals surface area (Å²) in [7, 11) is 1.92. The highest BCUT2D eigenvalue weighted by Gasteiger charge is 2.12. The van der Waals surface area contributed by atoms with Crippen LogP contribution in [0.15, 0.2) is 22.8 Å². The molecule has 0 spiro atoms. The minimum absolute atomic E-state index is 0.0642. The van der Waals surface area contributed by atoms with Gasteiger partial charge in [0, 0.05) is 23.4 Å². The van der Waals surface area contributed by atoms with Gasteiger partial charge in [0.1, 0.15) is 0 Å². The van der Waals surface area contributed by atoms with Crippen molar-refractivity contribution in [2.75, 3.05) is 6.61 Å². The summed E-state index contributed by atoms with van der Waals surface area (Å²) in [6.45, 7) is -0.0642. The largest absolute Gasteiger partial charge is 0.394 e. The Morgan fingerprint density at radius 2 is 2.33 bits per heavy atom. The molecular weight excluding hydrogens is 258 g/mol. The van der Waals surface area contributed by atoms with Gasteiger partial charge < -0.3 is 15.4 Å². The lowest BCUT2D eigenvalue weighted by molar-refractivity contribution is 0.264. The normalized spacial score (nSPS) is 13.3. The zero-order valence-corrected chi connectivity index (χ0v) is 9.90. The van der Waals surface area contributed by atoms with Crippen LogP contribution in [0.2, 0.25) is 0 Å². The van der Waals surface area contributed by atoms with E-state index >= 15 is 0 Å². The molecule has 0 saturated heterocycles. The van der Waals surface area contributed by atoms with Crippen molar-refractivity contribution in [3.8, 4) is 0 Å². The number of aromatic nitrogens is 2. The Kier molecular flexibility index (Phi) is 2.77. The van der Waals surface area contributed by atoms with Crippen LogP contribution in [0.4, 0.5) is 0 Å². The average Bonchev–Trinajstić information content (AvgIpc) is 2.55. The predicted molar refractivity (Wildman–Crippen MR) is 62.4 cm³/mol. The summed E-state index contributed by atoms with van der Waals surface area (Å²) in [5, 5.41) is 9.02. The molecule has 0 aromatic carbocycles. The molecule has 0 aliphatic carbocycles. The van der Waals surface area contributed by atoms with Crippen molar-refractivity contribution in [1.82, 2.24) is 9.55 Å². The lowest BCUT2D eigenvalue weighted by Gasteiger charge is -2.09. The van der Waals surface area contributed by atoms with Crippen molar-refractivity contribution in [3.05, 3.63) is 28.5 Å². The van der Waals surface area contributed by atoms with Gasteiger partial charge in [0.2, 0.25) is 0 Å². The van der Waals surface area contributed by atoms with E-state index in [1.165, 1.54) is 0 Å². The Morgan fingerprint density at radius 1 is 1.60 bits per heavy atom. The summed E-state index contributed by atoms with van der Waals surface area (Å²) in [6.07, 6.45) is 1.75. The first kappa shape index (κ1) is 10.6. The number of rotatable bonds is 2. The number of hydrogen-bond donors (Lipinski definition) is 2. The molecule has 0 fully saturated rings. The van der Waals surface area contributed by atoms with E-state index in [4.69, 9.17) is 10.8 Å². The third-order valence-electron chi connectivity index (χ3n) is 2.47. The molecule has 0 aliphatic rings. The van der Waals surface area contributed by atoms with Gasteiger partial charge in [-0.1, -0.05) is 0 Å².